The van der Waals surface area contributed by atoms with E-state index in [4.69, 9.17) is 0 Å². The first-order valence-corrected chi connectivity index (χ1v) is 20.8. The van der Waals surface area contributed by atoms with Crippen LogP contribution >= 0.6 is 0 Å². The maximum absolute atomic E-state index is 2.33. The molecule has 8 rings (SSSR count). The Hall–Kier alpha value is -4.37. The van der Waals surface area contributed by atoms with Crippen molar-refractivity contribution in [2.75, 3.05) is 0 Å². The van der Waals surface area contributed by atoms with Crippen molar-refractivity contribution in [2.45, 2.75) is 65.5 Å². The molecule has 2 radical (unpaired) electrons. The molecule has 270 valence electrons. The van der Waals surface area contributed by atoms with Gasteiger partial charge in [0.15, 0.2) is 0 Å². The van der Waals surface area contributed by atoms with E-state index in [1.807, 2.05) is 0 Å². The fourth-order valence-electron chi connectivity index (χ4n) is 7.28. The average Bonchev–Trinajstić information content (AvgIpc) is 3.81. The number of benzene rings is 6. The summed E-state index contributed by atoms with van der Waals surface area (Å²) in [6.45, 7) is 18.0. The molecule has 2 heteroatoms. The molecular weight excluding hydrogens is 831 g/mol. The standard InChI is InChI=1S/2C25H23.C2H6Si.Hf/c2*1-25(2,3)24-15-8-7-13-22(24)21-14-9-12-19-16-20(17-23(19)21)18-10-5-4-6-11-18;1-3-2;/h2*4-17H,1-3H3;1-2H3;/q2*-1;;. The molecule has 0 fully saturated rings. The summed E-state index contributed by atoms with van der Waals surface area (Å²) in [5.41, 5.74) is 13.5. The number of rotatable bonds is 4. The van der Waals surface area contributed by atoms with Crippen molar-refractivity contribution in [1.29, 1.82) is 0 Å². The van der Waals surface area contributed by atoms with Crippen LogP contribution in [0.15, 0.2) is 170 Å². The van der Waals surface area contributed by atoms with Gasteiger partial charge in [-0.3, -0.25) is 0 Å². The topological polar surface area (TPSA) is 0 Å². The number of hydrogen-bond acceptors (Lipinski definition) is 0. The third-order valence-corrected chi connectivity index (χ3v) is 9.77. The summed E-state index contributed by atoms with van der Waals surface area (Å²) < 4.78 is 0. The van der Waals surface area contributed by atoms with E-state index in [0.717, 1.165) is 9.52 Å². The zero-order valence-corrected chi connectivity index (χ0v) is 37.8. The third-order valence-electron chi connectivity index (χ3n) is 9.77. The van der Waals surface area contributed by atoms with Crippen LogP contribution in [0.1, 0.15) is 52.7 Å². The summed E-state index contributed by atoms with van der Waals surface area (Å²) >= 11 is 0. The molecule has 8 aromatic carbocycles. The monoisotopic (exact) mass is 884 g/mol. The molecule has 0 spiro atoms. The summed E-state index contributed by atoms with van der Waals surface area (Å²) in [4.78, 5) is 0. The SMILES string of the molecule is CC(C)(C)c1ccccc1-c1cccc2[cH-]c(-c3ccccc3)cc12.CC(C)(C)c1ccccc1-c1cccc2[cH-]c(-c3ccccc3)cc12.C[Si]C.[Hf]. The van der Waals surface area contributed by atoms with Crippen LogP contribution in [0.2, 0.25) is 13.1 Å². The zero-order chi connectivity index (χ0) is 37.6. The molecule has 0 aliphatic heterocycles. The molecule has 54 heavy (non-hydrogen) atoms. The molecule has 0 aliphatic carbocycles. The Bertz CT molecular complexity index is 2220. The van der Waals surface area contributed by atoms with Crippen LogP contribution in [-0.2, 0) is 36.7 Å². The van der Waals surface area contributed by atoms with E-state index in [-0.39, 0.29) is 36.7 Å². The Kier molecular flexibility index (Phi) is 13.5. The van der Waals surface area contributed by atoms with Crippen LogP contribution < -0.4 is 0 Å². The Morgan fingerprint density at radius 1 is 0.389 bits per heavy atom. The van der Waals surface area contributed by atoms with Crippen LogP contribution in [0, 0.1) is 0 Å². The van der Waals surface area contributed by atoms with Gasteiger partial charge in [-0.1, -0.05) is 210 Å². The minimum absolute atomic E-state index is 0. The van der Waals surface area contributed by atoms with E-state index in [2.05, 4.69) is 224 Å². The predicted octanol–water partition coefficient (Wildman–Crippen LogP) is 15.2. The van der Waals surface area contributed by atoms with Gasteiger partial charge in [0.05, 0.1) is 0 Å². The third kappa shape index (κ3) is 9.28. The van der Waals surface area contributed by atoms with Gasteiger partial charge >= 0.3 is 0 Å². The quantitative estimate of drug-likeness (QED) is 0.122. The fourth-order valence-corrected chi connectivity index (χ4v) is 7.28. The first-order chi connectivity index (χ1) is 25.5. The summed E-state index contributed by atoms with van der Waals surface area (Å²) in [5, 5.41) is 5.27. The maximum Gasteiger partial charge on any atom is 0.0307 e. The van der Waals surface area contributed by atoms with Crippen molar-refractivity contribution >= 4 is 31.1 Å². The van der Waals surface area contributed by atoms with E-state index in [1.165, 1.54) is 77.2 Å². The predicted molar refractivity (Wildman–Crippen MR) is 236 cm³/mol. The van der Waals surface area contributed by atoms with Crippen molar-refractivity contribution in [3.63, 3.8) is 0 Å². The minimum atomic E-state index is 0. The molecule has 0 saturated heterocycles. The molecule has 8 aromatic rings. The van der Waals surface area contributed by atoms with Crippen LogP contribution in [0.5, 0.6) is 0 Å². The van der Waals surface area contributed by atoms with Crippen molar-refractivity contribution in [3.8, 4) is 44.5 Å². The molecule has 0 nitrogen and oxygen atoms in total. The molecule has 0 heterocycles. The Morgan fingerprint density at radius 3 is 1.06 bits per heavy atom. The van der Waals surface area contributed by atoms with Crippen molar-refractivity contribution in [2.24, 2.45) is 0 Å². The van der Waals surface area contributed by atoms with Gasteiger partial charge in [0.2, 0.25) is 0 Å². The average molecular weight is 884 g/mol. The van der Waals surface area contributed by atoms with Gasteiger partial charge in [-0.05, 0) is 33.1 Å². The molecule has 0 atom stereocenters. The van der Waals surface area contributed by atoms with Gasteiger partial charge in [-0.15, -0.1) is 69.1 Å². The summed E-state index contributed by atoms with van der Waals surface area (Å²) in [5.74, 6) is 0. The molecule has 0 aliphatic rings. The van der Waals surface area contributed by atoms with Gasteiger partial charge in [0.1, 0.15) is 0 Å². The molecule has 0 amide bonds. The van der Waals surface area contributed by atoms with Gasteiger partial charge < -0.3 is 0 Å². The van der Waals surface area contributed by atoms with E-state index in [9.17, 15) is 0 Å². The summed E-state index contributed by atoms with van der Waals surface area (Å²) in [6.07, 6.45) is 0. The second-order valence-electron chi connectivity index (χ2n) is 15.9. The minimum Gasteiger partial charge on any atom is -0.144 e. The Morgan fingerprint density at radius 2 is 0.704 bits per heavy atom. The second kappa shape index (κ2) is 17.8. The summed E-state index contributed by atoms with van der Waals surface area (Å²) in [6, 6.07) is 61.4. The first-order valence-electron chi connectivity index (χ1n) is 18.8. The van der Waals surface area contributed by atoms with Crippen molar-refractivity contribution in [3.05, 3.63) is 181 Å². The van der Waals surface area contributed by atoms with Crippen LogP contribution in [0.3, 0.4) is 0 Å². The van der Waals surface area contributed by atoms with E-state index in [1.54, 1.807) is 0 Å². The fraction of sp³-hybridized carbons (Fsp3) is 0.192. The molecular formula is C52H52HfSi-2. The van der Waals surface area contributed by atoms with E-state index >= 15 is 0 Å². The van der Waals surface area contributed by atoms with E-state index < -0.39 is 0 Å². The van der Waals surface area contributed by atoms with Crippen LogP contribution in [-0.4, -0.2) is 9.52 Å². The van der Waals surface area contributed by atoms with Crippen molar-refractivity contribution < 1.29 is 25.8 Å². The Balaban J connectivity index is 0.000000190. The summed E-state index contributed by atoms with van der Waals surface area (Å²) in [7, 11) is 1.08. The largest absolute Gasteiger partial charge is 0.144 e. The van der Waals surface area contributed by atoms with Gasteiger partial charge in [-0.25, -0.2) is 0 Å². The number of fused-ring (bicyclic) bond motifs is 2. The van der Waals surface area contributed by atoms with Crippen LogP contribution in [0.4, 0.5) is 0 Å². The maximum atomic E-state index is 2.33. The Labute approximate surface area is 345 Å². The first kappa shape index (κ1) is 40.8. The molecule has 0 saturated carbocycles. The molecule has 0 aromatic heterocycles. The van der Waals surface area contributed by atoms with Gasteiger partial charge in [0, 0.05) is 35.4 Å². The second-order valence-corrected chi connectivity index (χ2v) is 16.9. The number of hydrogen-bond donors (Lipinski definition) is 0. The van der Waals surface area contributed by atoms with Gasteiger partial charge in [0.25, 0.3) is 0 Å². The normalized spacial score (nSPS) is 11.3. The van der Waals surface area contributed by atoms with E-state index in [0.29, 0.717) is 0 Å². The van der Waals surface area contributed by atoms with Crippen LogP contribution in [0.25, 0.3) is 66.1 Å². The zero-order valence-electron chi connectivity index (χ0n) is 33.2. The van der Waals surface area contributed by atoms with Crippen molar-refractivity contribution in [1.82, 2.24) is 0 Å². The molecule has 0 bridgehead atoms. The smallest absolute Gasteiger partial charge is 0.0307 e. The molecule has 0 N–H and O–H groups in total. The molecule has 0 unspecified atom stereocenters. The van der Waals surface area contributed by atoms with Gasteiger partial charge in [-0.2, -0.15) is 0 Å².